The molecule has 1 saturated heterocycles. The summed E-state index contributed by atoms with van der Waals surface area (Å²) in [6, 6.07) is 2.83. The van der Waals surface area contributed by atoms with Gasteiger partial charge in [0.05, 0.1) is 0 Å². The van der Waals surface area contributed by atoms with Crippen LogP contribution >= 0.6 is 0 Å². The van der Waals surface area contributed by atoms with E-state index in [1.807, 2.05) is 17.9 Å². The van der Waals surface area contributed by atoms with E-state index in [1.54, 1.807) is 0 Å². The van der Waals surface area contributed by atoms with Crippen molar-refractivity contribution >= 4 is 0 Å². The van der Waals surface area contributed by atoms with Gasteiger partial charge in [0.25, 0.3) is 0 Å². The highest BCUT2D eigenvalue weighted by atomic mass is 15.3. The average molecular weight is 290 g/mol. The van der Waals surface area contributed by atoms with E-state index in [-0.39, 0.29) is 0 Å². The molecule has 0 aromatic carbocycles. The van der Waals surface area contributed by atoms with Crippen LogP contribution in [0.2, 0.25) is 0 Å². The molecule has 1 aliphatic carbocycles. The zero-order valence-electron chi connectivity index (χ0n) is 13.8. The molecule has 3 rings (SSSR count). The molecule has 1 aromatic heterocycles. The van der Waals surface area contributed by atoms with Gasteiger partial charge >= 0.3 is 0 Å². The highest BCUT2D eigenvalue weighted by Gasteiger charge is 2.47. The Bertz CT molecular complexity index is 465. The fraction of sp³-hybridized carbons (Fsp3) is 0.824. The largest absolute Gasteiger partial charge is 0.311 e. The zero-order valence-corrected chi connectivity index (χ0v) is 13.8. The second kappa shape index (κ2) is 6.09. The van der Waals surface area contributed by atoms with Crippen LogP contribution in [-0.4, -0.2) is 45.9 Å². The van der Waals surface area contributed by atoms with Gasteiger partial charge in [0.15, 0.2) is 0 Å². The summed E-state index contributed by atoms with van der Waals surface area (Å²) in [5.74, 6) is 0.902. The molecule has 0 radical (unpaired) electrons. The molecule has 1 saturated carbocycles. The SMILES string of the molecule is CCCC1CN(CCc2ccnn2C)C(C)(C2CC2)CN1. The van der Waals surface area contributed by atoms with Crippen molar-refractivity contribution in [3.63, 3.8) is 0 Å². The number of hydrogen-bond acceptors (Lipinski definition) is 3. The van der Waals surface area contributed by atoms with E-state index in [1.165, 1.54) is 37.9 Å². The Labute approximate surface area is 128 Å². The quantitative estimate of drug-likeness (QED) is 0.872. The first kappa shape index (κ1) is 15.0. The predicted octanol–water partition coefficient (Wildman–Crippen LogP) is 2.21. The van der Waals surface area contributed by atoms with Crippen molar-refractivity contribution in [3.8, 4) is 0 Å². The van der Waals surface area contributed by atoms with E-state index in [2.05, 4.69) is 35.2 Å². The van der Waals surface area contributed by atoms with Gasteiger partial charge in [0.1, 0.15) is 0 Å². The lowest BCUT2D eigenvalue weighted by atomic mass is 9.88. The minimum absolute atomic E-state index is 0.364. The van der Waals surface area contributed by atoms with E-state index < -0.39 is 0 Å². The number of aromatic nitrogens is 2. The van der Waals surface area contributed by atoms with Crippen LogP contribution in [0.1, 0.15) is 45.2 Å². The Hall–Kier alpha value is -0.870. The van der Waals surface area contributed by atoms with E-state index in [0.29, 0.717) is 11.6 Å². The first-order valence-corrected chi connectivity index (χ1v) is 8.59. The number of nitrogens with zero attached hydrogens (tertiary/aromatic N) is 3. The lowest BCUT2D eigenvalue weighted by Crippen LogP contribution is -2.64. The molecule has 2 atom stereocenters. The molecule has 0 amide bonds. The van der Waals surface area contributed by atoms with E-state index in [0.717, 1.165) is 25.4 Å². The van der Waals surface area contributed by atoms with Crippen LogP contribution < -0.4 is 5.32 Å². The maximum Gasteiger partial charge on any atom is 0.0492 e. The van der Waals surface area contributed by atoms with Crippen LogP contribution in [0.5, 0.6) is 0 Å². The van der Waals surface area contributed by atoms with Gasteiger partial charge in [-0.3, -0.25) is 9.58 Å². The summed E-state index contributed by atoms with van der Waals surface area (Å²) >= 11 is 0. The van der Waals surface area contributed by atoms with Crippen molar-refractivity contribution < 1.29 is 0 Å². The highest BCUT2D eigenvalue weighted by Crippen LogP contribution is 2.44. The number of nitrogens with one attached hydrogen (secondary N) is 1. The molecule has 4 heteroatoms. The summed E-state index contributed by atoms with van der Waals surface area (Å²) in [5.41, 5.74) is 1.71. The van der Waals surface area contributed by atoms with Gasteiger partial charge in [0, 0.05) is 56.6 Å². The highest BCUT2D eigenvalue weighted by molar-refractivity contribution is 5.07. The zero-order chi connectivity index (χ0) is 14.9. The van der Waals surface area contributed by atoms with Crippen LogP contribution in [0, 0.1) is 5.92 Å². The summed E-state index contributed by atoms with van der Waals surface area (Å²) < 4.78 is 2.01. The van der Waals surface area contributed by atoms with Crippen molar-refractivity contribution in [1.82, 2.24) is 20.0 Å². The average Bonchev–Trinajstić information content (AvgIpc) is 3.25. The van der Waals surface area contributed by atoms with Crippen molar-refractivity contribution in [2.75, 3.05) is 19.6 Å². The minimum atomic E-state index is 0.364. The fourth-order valence-corrected chi connectivity index (χ4v) is 3.89. The number of rotatable bonds is 6. The predicted molar refractivity (Wildman–Crippen MR) is 86.3 cm³/mol. The molecule has 1 aliphatic heterocycles. The Morgan fingerprint density at radius 2 is 2.24 bits per heavy atom. The molecule has 0 bridgehead atoms. The van der Waals surface area contributed by atoms with Crippen LogP contribution in [-0.2, 0) is 13.5 Å². The lowest BCUT2D eigenvalue weighted by molar-refractivity contribution is 0.0337. The topological polar surface area (TPSA) is 33.1 Å². The van der Waals surface area contributed by atoms with E-state index in [4.69, 9.17) is 0 Å². The minimum Gasteiger partial charge on any atom is -0.311 e. The number of aryl methyl sites for hydroxylation is 1. The van der Waals surface area contributed by atoms with Gasteiger partial charge in [-0.2, -0.15) is 5.10 Å². The molecule has 2 fully saturated rings. The first-order chi connectivity index (χ1) is 10.1. The first-order valence-electron chi connectivity index (χ1n) is 8.59. The van der Waals surface area contributed by atoms with Gasteiger partial charge in [-0.1, -0.05) is 13.3 Å². The van der Waals surface area contributed by atoms with Crippen LogP contribution in [0.4, 0.5) is 0 Å². The third-order valence-corrected chi connectivity index (χ3v) is 5.57. The standard InChI is InChI=1S/C17H30N4/c1-4-5-15-12-21(11-9-16-8-10-19-20(16)3)17(2,13-18-15)14-6-7-14/h8,10,14-15,18H,4-7,9,11-13H2,1-3H3. The molecule has 2 aliphatic rings. The van der Waals surface area contributed by atoms with Crippen molar-refractivity contribution in [2.24, 2.45) is 13.0 Å². The number of hydrogen-bond donors (Lipinski definition) is 1. The molecule has 2 heterocycles. The Balaban J connectivity index is 1.66. The molecule has 4 nitrogen and oxygen atoms in total. The fourth-order valence-electron chi connectivity index (χ4n) is 3.89. The van der Waals surface area contributed by atoms with Crippen molar-refractivity contribution in [2.45, 2.75) is 57.5 Å². The van der Waals surface area contributed by atoms with E-state index >= 15 is 0 Å². The molecule has 1 N–H and O–H groups in total. The van der Waals surface area contributed by atoms with Crippen LogP contribution in [0.15, 0.2) is 12.3 Å². The van der Waals surface area contributed by atoms with Gasteiger partial charge < -0.3 is 5.32 Å². The maximum absolute atomic E-state index is 4.29. The maximum atomic E-state index is 4.29. The molecule has 21 heavy (non-hydrogen) atoms. The summed E-state index contributed by atoms with van der Waals surface area (Å²) in [5, 5.41) is 8.10. The summed E-state index contributed by atoms with van der Waals surface area (Å²) in [6.07, 6.45) is 8.42. The van der Waals surface area contributed by atoms with Gasteiger partial charge in [0.2, 0.25) is 0 Å². The molecular weight excluding hydrogens is 260 g/mol. The van der Waals surface area contributed by atoms with Crippen molar-refractivity contribution in [3.05, 3.63) is 18.0 Å². The smallest absolute Gasteiger partial charge is 0.0492 e. The summed E-state index contributed by atoms with van der Waals surface area (Å²) in [7, 11) is 2.05. The molecule has 1 aromatic rings. The Morgan fingerprint density at radius 1 is 1.43 bits per heavy atom. The van der Waals surface area contributed by atoms with Gasteiger partial charge in [-0.15, -0.1) is 0 Å². The molecular formula is C17H30N4. The normalized spacial score (nSPS) is 30.7. The third kappa shape index (κ3) is 3.16. The van der Waals surface area contributed by atoms with Crippen molar-refractivity contribution in [1.29, 1.82) is 0 Å². The van der Waals surface area contributed by atoms with Gasteiger partial charge in [-0.25, -0.2) is 0 Å². The second-order valence-electron chi connectivity index (χ2n) is 7.14. The Morgan fingerprint density at radius 3 is 2.86 bits per heavy atom. The number of piperazine rings is 1. The van der Waals surface area contributed by atoms with Crippen LogP contribution in [0.3, 0.4) is 0 Å². The van der Waals surface area contributed by atoms with E-state index in [9.17, 15) is 0 Å². The molecule has 118 valence electrons. The molecule has 2 unspecified atom stereocenters. The summed E-state index contributed by atoms with van der Waals surface area (Å²) in [4.78, 5) is 2.77. The second-order valence-corrected chi connectivity index (χ2v) is 7.14. The summed E-state index contributed by atoms with van der Waals surface area (Å²) in [6.45, 7) is 8.29. The monoisotopic (exact) mass is 290 g/mol. The lowest BCUT2D eigenvalue weighted by Gasteiger charge is -2.49. The van der Waals surface area contributed by atoms with Crippen LogP contribution in [0.25, 0.3) is 0 Å². The Kier molecular flexibility index (Phi) is 4.36. The van der Waals surface area contributed by atoms with Gasteiger partial charge in [-0.05, 0) is 38.2 Å². The third-order valence-electron chi connectivity index (χ3n) is 5.57. The molecule has 0 spiro atoms.